The van der Waals surface area contributed by atoms with Gasteiger partial charge in [0, 0.05) is 31.3 Å². The SMILES string of the molecule is C.C.CC.CCCN(CCC)Cc1cc(C)cc(C(=O)NCCCNCc2cccc(C)c2)c1.Cc1cc(F)cc(F)c1. The van der Waals surface area contributed by atoms with E-state index in [2.05, 4.69) is 79.6 Å². The Hall–Kier alpha value is -3.09. The number of halogens is 2. The number of nitrogens with zero attached hydrogens (tertiary/aromatic N) is 1. The third kappa shape index (κ3) is 18.2. The molecule has 1 amide bonds. The number of hydrogen-bond acceptors (Lipinski definition) is 3. The maximum atomic E-state index is 12.6. The lowest BCUT2D eigenvalue weighted by atomic mass is 10.1. The van der Waals surface area contributed by atoms with Crippen LogP contribution in [0.2, 0.25) is 0 Å². The molecule has 0 aliphatic rings. The van der Waals surface area contributed by atoms with Crippen LogP contribution in [0, 0.1) is 32.4 Å². The van der Waals surface area contributed by atoms with E-state index in [1.54, 1.807) is 6.92 Å². The van der Waals surface area contributed by atoms with E-state index < -0.39 is 11.6 Å². The molecule has 43 heavy (non-hydrogen) atoms. The standard InChI is InChI=1S/C26H39N3O.C7H6F2.C2H6.2CH4/c1-5-13-29(14-6-2)20-24-16-22(4)17-25(18-24)26(30)28-12-8-11-27-19-23-10-7-9-21(3)15-23;1-5-2-6(8)4-7(9)3-5;1-2;;/h7,9-10,15-18,27H,5-6,8,11-14,19-20H2,1-4H3,(H,28,30);2-4H,1H3;1-2H3;2*1H4. The maximum Gasteiger partial charge on any atom is 0.251 e. The molecule has 0 saturated carbocycles. The monoisotopic (exact) mass is 599 g/mol. The third-order valence-electron chi connectivity index (χ3n) is 6.12. The third-order valence-corrected chi connectivity index (χ3v) is 6.12. The quantitative estimate of drug-likeness (QED) is 0.192. The number of carbonyl (C=O) groups excluding carboxylic acids is 1. The first kappa shape index (κ1) is 42.0. The van der Waals surface area contributed by atoms with Crippen molar-refractivity contribution in [3.8, 4) is 0 Å². The zero-order chi connectivity index (χ0) is 30.6. The molecule has 242 valence electrons. The van der Waals surface area contributed by atoms with Crippen molar-refractivity contribution >= 4 is 5.91 Å². The summed E-state index contributed by atoms with van der Waals surface area (Å²) in [5.74, 6) is -1.02. The van der Waals surface area contributed by atoms with Crippen LogP contribution in [0.4, 0.5) is 8.78 Å². The first-order valence-electron chi connectivity index (χ1n) is 15.0. The van der Waals surface area contributed by atoms with Crippen molar-refractivity contribution in [2.24, 2.45) is 0 Å². The van der Waals surface area contributed by atoms with Crippen molar-refractivity contribution in [1.29, 1.82) is 0 Å². The van der Waals surface area contributed by atoms with Gasteiger partial charge < -0.3 is 10.6 Å². The Morgan fingerprint density at radius 3 is 1.88 bits per heavy atom. The lowest BCUT2D eigenvalue weighted by Gasteiger charge is -2.21. The summed E-state index contributed by atoms with van der Waals surface area (Å²) >= 11 is 0. The van der Waals surface area contributed by atoms with Crippen LogP contribution in [0.15, 0.2) is 60.7 Å². The molecule has 0 radical (unpaired) electrons. The summed E-state index contributed by atoms with van der Waals surface area (Å²) in [4.78, 5) is 15.1. The Balaban J connectivity index is 0. The molecule has 3 aromatic carbocycles. The van der Waals surface area contributed by atoms with Crippen LogP contribution in [-0.4, -0.2) is 37.0 Å². The molecule has 0 heterocycles. The molecule has 0 aliphatic carbocycles. The predicted molar refractivity (Wildman–Crippen MR) is 183 cm³/mol. The minimum absolute atomic E-state index is 0. The van der Waals surface area contributed by atoms with Gasteiger partial charge in [-0.15, -0.1) is 0 Å². The normalized spacial score (nSPS) is 9.91. The van der Waals surface area contributed by atoms with E-state index >= 15 is 0 Å². The van der Waals surface area contributed by atoms with Gasteiger partial charge in [-0.3, -0.25) is 9.69 Å². The summed E-state index contributed by atoms with van der Waals surface area (Å²) in [7, 11) is 0. The van der Waals surface area contributed by atoms with Gasteiger partial charge in [0.05, 0.1) is 0 Å². The highest BCUT2D eigenvalue weighted by atomic mass is 19.1. The van der Waals surface area contributed by atoms with Crippen LogP contribution in [0.25, 0.3) is 0 Å². The summed E-state index contributed by atoms with van der Waals surface area (Å²) in [6, 6.07) is 18.2. The number of hydrogen-bond donors (Lipinski definition) is 2. The smallest absolute Gasteiger partial charge is 0.251 e. The van der Waals surface area contributed by atoms with Gasteiger partial charge in [0.1, 0.15) is 11.6 Å². The molecule has 0 spiro atoms. The number of aryl methyl sites for hydroxylation is 3. The fraction of sp³-hybridized carbons (Fsp3) is 0.486. The zero-order valence-corrected chi connectivity index (χ0v) is 26.2. The zero-order valence-electron chi connectivity index (χ0n) is 26.2. The Morgan fingerprint density at radius 2 is 1.33 bits per heavy atom. The molecule has 3 rings (SSSR count). The topological polar surface area (TPSA) is 44.4 Å². The number of rotatable bonds is 13. The Kier molecular flexibility index (Phi) is 23.8. The van der Waals surface area contributed by atoms with Gasteiger partial charge in [-0.2, -0.15) is 0 Å². The average molecular weight is 600 g/mol. The number of amides is 1. The summed E-state index contributed by atoms with van der Waals surface area (Å²) in [6.45, 7) is 19.8. The van der Waals surface area contributed by atoms with E-state index in [0.717, 1.165) is 69.2 Å². The van der Waals surface area contributed by atoms with Gasteiger partial charge in [0.15, 0.2) is 0 Å². The number of benzene rings is 3. The molecular weight excluding hydrogens is 540 g/mol. The molecule has 4 nitrogen and oxygen atoms in total. The van der Waals surface area contributed by atoms with Gasteiger partial charge in [-0.25, -0.2) is 8.78 Å². The Morgan fingerprint density at radius 1 is 0.744 bits per heavy atom. The van der Waals surface area contributed by atoms with Crippen LogP contribution in [-0.2, 0) is 13.1 Å². The molecule has 0 unspecified atom stereocenters. The van der Waals surface area contributed by atoms with Crippen LogP contribution in [0.1, 0.15) is 100.0 Å². The van der Waals surface area contributed by atoms with E-state index in [-0.39, 0.29) is 20.8 Å². The van der Waals surface area contributed by atoms with Crippen LogP contribution >= 0.6 is 0 Å². The van der Waals surface area contributed by atoms with Crippen molar-refractivity contribution in [2.45, 2.75) is 95.7 Å². The first-order chi connectivity index (χ1) is 19.7. The summed E-state index contributed by atoms with van der Waals surface area (Å²) in [5, 5.41) is 6.52. The van der Waals surface area contributed by atoms with Crippen molar-refractivity contribution in [3.63, 3.8) is 0 Å². The summed E-state index contributed by atoms with van der Waals surface area (Å²) in [5.41, 5.74) is 6.32. The van der Waals surface area contributed by atoms with E-state index in [4.69, 9.17) is 0 Å². The molecule has 0 aliphatic heterocycles. The minimum Gasteiger partial charge on any atom is -0.352 e. The van der Waals surface area contributed by atoms with E-state index in [0.29, 0.717) is 12.1 Å². The fourth-order valence-electron chi connectivity index (χ4n) is 4.51. The Labute approximate surface area is 262 Å². The maximum absolute atomic E-state index is 12.6. The largest absolute Gasteiger partial charge is 0.352 e. The second-order valence-electron chi connectivity index (χ2n) is 10.2. The van der Waals surface area contributed by atoms with E-state index in [1.165, 1.54) is 28.8 Å². The summed E-state index contributed by atoms with van der Waals surface area (Å²) in [6.07, 6.45) is 3.21. The van der Waals surface area contributed by atoms with Crippen LogP contribution in [0.3, 0.4) is 0 Å². The molecule has 0 saturated heterocycles. The van der Waals surface area contributed by atoms with Crippen molar-refractivity contribution in [1.82, 2.24) is 15.5 Å². The molecule has 6 heteroatoms. The molecule has 0 bridgehead atoms. The molecule has 0 aromatic heterocycles. The fourth-order valence-corrected chi connectivity index (χ4v) is 4.51. The highest BCUT2D eigenvalue weighted by molar-refractivity contribution is 5.94. The van der Waals surface area contributed by atoms with Crippen molar-refractivity contribution in [2.75, 3.05) is 26.2 Å². The highest BCUT2D eigenvalue weighted by Gasteiger charge is 2.10. The molecule has 2 N–H and O–H groups in total. The van der Waals surface area contributed by atoms with Gasteiger partial charge in [-0.05, 0) is 101 Å². The number of carbonyl (C=O) groups is 1. The Bertz CT molecular complexity index is 1110. The highest BCUT2D eigenvalue weighted by Crippen LogP contribution is 2.13. The molecular formula is C37H59F2N3O. The molecule has 0 fully saturated rings. The van der Waals surface area contributed by atoms with Crippen LogP contribution in [0.5, 0.6) is 0 Å². The summed E-state index contributed by atoms with van der Waals surface area (Å²) < 4.78 is 24.4. The predicted octanol–water partition coefficient (Wildman–Crippen LogP) is 9.41. The minimum atomic E-state index is -0.521. The van der Waals surface area contributed by atoms with Crippen LogP contribution < -0.4 is 10.6 Å². The van der Waals surface area contributed by atoms with Gasteiger partial charge in [-0.1, -0.05) is 84.0 Å². The molecule has 0 atom stereocenters. The van der Waals surface area contributed by atoms with Gasteiger partial charge in [0.2, 0.25) is 0 Å². The van der Waals surface area contributed by atoms with Crippen molar-refractivity contribution in [3.05, 3.63) is 106 Å². The second kappa shape index (κ2) is 24.4. The average Bonchev–Trinajstić information content (AvgIpc) is 2.91. The van der Waals surface area contributed by atoms with Gasteiger partial charge in [0.25, 0.3) is 5.91 Å². The van der Waals surface area contributed by atoms with E-state index in [1.807, 2.05) is 19.9 Å². The number of nitrogens with one attached hydrogen (secondary N) is 2. The second-order valence-corrected chi connectivity index (χ2v) is 10.2. The van der Waals surface area contributed by atoms with E-state index in [9.17, 15) is 13.6 Å². The first-order valence-corrected chi connectivity index (χ1v) is 15.0. The van der Waals surface area contributed by atoms with Crippen molar-refractivity contribution < 1.29 is 13.6 Å². The molecule has 3 aromatic rings. The lowest BCUT2D eigenvalue weighted by molar-refractivity contribution is 0.0953. The lowest BCUT2D eigenvalue weighted by Crippen LogP contribution is -2.28. The van der Waals surface area contributed by atoms with Gasteiger partial charge >= 0.3 is 0 Å².